The number of pyridine rings is 1. The maximum atomic E-state index is 11.0. The van der Waals surface area contributed by atoms with Crippen molar-refractivity contribution in [3.63, 3.8) is 0 Å². The van der Waals surface area contributed by atoms with Gasteiger partial charge in [-0.1, -0.05) is 13.0 Å². The van der Waals surface area contributed by atoms with Crippen molar-refractivity contribution < 1.29 is 9.53 Å². The highest BCUT2D eigenvalue weighted by molar-refractivity contribution is 7.99. The number of hydrogen-bond donors (Lipinski definition) is 1. The van der Waals surface area contributed by atoms with E-state index in [4.69, 9.17) is 0 Å². The topological polar surface area (TPSA) is 51.2 Å². The standard InChI is InChI=1S/C13H20N2O2S/c1-4-14-8-11-7-10(2)13(15-9-11)18-6-5-12(16)17-3/h7,9,14H,4-6,8H2,1-3H3. The lowest BCUT2D eigenvalue weighted by Crippen LogP contribution is -2.12. The largest absolute Gasteiger partial charge is 0.469 e. The number of thioether (sulfide) groups is 1. The van der Waals surface area contributed by atoms with Gasteiger partial charge in [0.15, 0.2) is 0 Å². The van der Waals surface area contributed by atoms with Gasteiger partial charge in [0.25, 0.3) is 0 Å². The molecule has 1 heterocycles. The van der Waals surface area contributed by atoms with Crippen LogP contribution in [-0.4, -0.2) is 30.4 Å². The number of carbonyl (C=O) groups excluding carboxylic acids is 1. The monoisotopic (exact) mass is 268 g/mol. The molecular formula is C13H20N2O2S. The fourth-order valence-corrected chi connectivity index (χ4v) is 2.35. The van der Waals surface area contributed by atoms with Crippen LogP contribution in [0.25, 0.3) is 0 Å². The van der Waals surface area contributed by atoms with Crippen LogP contribution in [-0.2, 0) is 16.1 Å². The summed E-state index contributed by atoms with van der Waals surface area (Å²) in [4.78, 5) is 15.4. The highest BCUT2D eigenvalue weighted by atomic mass is 32.2. The predicted molar refractivity (Wildman–Crippen MR) is 73.7 cm³/mol. The van der Waals surface area contributed by atoms with E-state index < -0.39 is 0 Å². The summed E-state index contributed by atoms with van der Waals surface area (Å²) in [5.41, 5.74) is 2.34. The first-order chi connectivity index (χ1) is 8.67. The zero-order valence-corrected chi connectivity index (χ0v) is 12.0. The van der Waals surface area contributed by atoms with E-state index in [9.17, 15) is 4.79 Å². The van der Waals surface area contributed by atoms with Gasteiger partial charge in [0, 0.05) is 18.5 Å². The fraction of sp³-hybridized carbons (Fsp3) is 0.538. The van der Waals surface area contributed by atoms with Gasteiger partial charge in [-0.25, -0.2) is 4.98 Å². The van der Waals surface area contributed by atoms with E-state index in [0.717, 1.165) is 23.7 Å². The van der Waals surface area contributed by atoms with E-state index in [1.165, 1.54) is 12.7 Å². The van der Waals surface area contributed by atoms with E-state index in [1.54, 1.807) is 11.8 Å². The number of carbonyl (C=O) groups is 1. The number of hydrogen-bond acceptors (Lipinski definition) is 5. The molecule has 0 saturated carbocycles. The van der Waals surface area contributed by atoms with Gasteiger partial charge in [-0.15, -0.1) is 11.8 Å². The average molecular weight is 268 g/mol. The first-order valence-electron chi connectivity index (χ1n) is 6.03. The third kappa shape index (κ3) is 5.06. The van der Waals surface area contributed by atoms with Crippen molar-refractivity contribution >= 4 is 17.7 Å². The molecule has 0 aliphatic carbocycles. The Hall–Kier alpha value is -1.07. The van der Waals surface area contributed by atoms with Gasteiger partial charge in [0.05, 0.1) is 18.6 Å². The van der Waals surface area contributed by atoms with Crippen molar-refractivity contribution in [3.8, 4) is 0 Å². The summed E-state index contributed by atoms with van der Waals surface area (Å²) in [6, 6.07) is 2.14. The van der Waals surface area contributed by atoms with E-state index >= 15 is 0 Å². The Morgan fingerprint density at radius 3 is 2.94 bits per heavy atom. The average Bonchev–Trinajstić information content (AvgIpc) is 2.38. The molecule has 0 aromatic carbocycles. The molecule has 0 fully saturated rings. The summed E-state index contributed by atoms with van der Waals surface area (Å²) >= 11 is 1.59. The molecule has 0 aliphatic rings. The third-order valence-corrected chi connectivity index (χ3v) is 3.55. The lowest BCUT2D eigenvalue weighted by Gasteiger charge is -2.07. The van der Waals surface area contributed by atoms with Gasteiger partial charge in [0.2, 0.25) is 0 Å². The van der Waals surface area contributed by atoms with E-state index in [2.05, 4.69) is 28.0 Å². The Balaban J connectivity index is 2.49. The lowest BCUT2D eigenvalue weighted by molar-refractivity contribution is -0.140. The van der Waals surface area contributed by atoms with Gasteiger partial charge in [-0.2, -0.15) is 0 Å². The maximum Gasteiger partial charge on any atom is 0.306 e. The molecule has 0 aliphatic heterocycles. The molecule has 1 aromatic rings. The van der Waals surface area contributed by atoms with Crippen LogP contribution in [0.4, 0.5) is 0 Å². The van der Waals surface area contributed by atoms with Crippen molar-refractivity contribution in [3.05, 3.63) is 23.4 Å². The van der Waals surface area contributed by atoms with Gasteiger partial charge in [-0.3, -0.25) is 4.79 Å². The van der Waals surface area contributed by atoms with Crippen LogP contribution in [0, 0.1) is 6.92 Å². The number of nitrogens with one attached hydrogen (secondary N) is 1. The molecule has 0 saturated heterocycles. The molecular weight excluding hydrogens is 248 g/mol. The van der Waals surface area contributed by atoms with Gasteiger partial charge >= 0.3 is 5.97 Å². The van der Waals surface area contributed by atoms with Crippen LogP contribution in [0.15, 0.2) is 17.3 Å². The molecule has 18 heavy (non-hydrogen) atoms. The Bertz CT molecular complexity index is 397. The summed E-state index contributed by atoms with van der Waals surface area (Å²) in [7, 11) is 1.41. The van der Waals surface area contributed by atoms with Crippen molar-refractivity contribution in [1.82, 2.24) is 10.3 Å². The van der Waals surface area contributed by atoms with E-state index in [0.29, 0.717) is 12.2 Å². The number of methoxy groups -OCH3 is 1. The quantitative estimate of drug-likeness (QED) is 0.606. The Morgan fingerprint density at radius 1 is 1.56 bits per heavy atom. The second-order valence-electron chi connectivity index (χ2n) is 3.92. The molecule has 5 heteroatoms. The highest BCUT2D eigenvalue weighted by Gasteiger charge is 2.05. The fourth-order valence-electron chi connectivity index (χ4n) is 1.47. The molecule has 0 radical (unpaired) electrons. The van der Waals surface area contributed by atoms with Crippen molar-refractivity contribution in [2.24, 2.45) is 0 Å². The Kier molecular flexibility index (Phi) is 6.75. The predicted octanol–water partition coefficient (Wildman–Crippen LogP) is 2.15. The highest BCUT2D eigenvalue weighted by Crippen LogP contribution is 2.21. The maximum absolute atomic E-state index is 11.0. The number of rotatable bonds is 7. The van der Waals surface area contributed by atoms with Crippen molar-refractivity contribution in [2.45, 2.75) is 31.8 Å². The third-order valence-electron chi connectivity index (χ3n) is 2.44. The minimum atomic E-state index is -0.177. The summed E-state index contributed by atoms with van der Waals surface area (Å²) < 4.78 is 4.60. The number of esters is 1. The molecule has 0 bridgehead atoms. The molecule has 1 N–H and O–H groups in total. The smallest absolute Gasteiger partial charge is 0.306 e. The number of ether oxygens (including phenoxy) is 1. The molecule has 1 aromatic heterocycles. The molecule has 0 unspecified atom stereocenters. The normalized spacial score (nSPS) is 10.4. The van der Waals surface area contributed by atoms with Gasteiger partial charge in [-0.05, 0) is 24.6 Å². The van der Waals surface area contributed by atoms with Crippen LogP contribution in [0.1, 0.15) is 24.5 Å². The molecule has 0 atom stereocenters. The molecule has 4 nitrogen and oxygen atoms in total. The Labute approximate surface area is 113 Å². The number of nitrogens with zero attached hydrogens (tertiary/aromatic N) is 1. The van der Waals surface area contributed by atoms with Crippen LogP contribution in [0.3, 0.4) is 0 Å². The summed E-state index contributed by atoms with van der Waals surface area (Å²) in [6.07, 6.45) is 2.30. The SMILES string of the molecule is CCNCc1cnc(SCCC(=O)OC)c(C)c1. The lowest BCUT2D eigenvalue weighted by atomic mass is 10.2. The minimum Gasteiger partial charge on any atom is -0.469 e. The van der Waals surface area contributed by atoms with E-state index in [-0.39, 0.29) is 5.97 Å². The first kappa shape index (κ1) is 15.0. The van der Waals surface area contributed by atoms with Crippen LogP contribution in [0.5, 0.6) is 0 Å². The number of aryl methyl sites for hydroxylation is 1. The van der Waals surface area contributed by atoms with Gasteiger partial charge < -0.3 is 10.1 Å². The van der Waals surface area contributed by atoms with Gasteiger partial charge in [0.1, 0.15) is 0 Å². The van der Waals surface area contributed by atoms with E-state index in [1.807, 2.05) is 13.1 Å². The zero-order chi connectivity index (χ0) is 13.4. The van der Waals surface area contributed by atoms with Crippen molar-refractivity contribution in [2.75, 3.05) is 19.4 Å². The zero-order valence-electron chi connectivity index (χ0n) is 11.2. The van der Waals surface area contributed by atoms with Crippen LogP contribution < -0.4 is 5.32 Å². The molecule has 0 spiro atoms. The summed E-state index contributed by atoms with van der Waals surface area (Å²) in [5.74, 6) is 0.525. The van der Waals surface area contributed by atoms with Crippen molar-refractivity contribution in [1.29, 1.82) is 0 Å². The second-order valence-corrected chi connectivity index (χ2v) is 5.00. The number of aromatic nitrogens is 1. The molecule has 0 amide bonds. The first-order valence-corrected chi connectivity index (χ1v) is 7.01. The molecule has 1 rings (SSSR count). The second kappa shape index (κ2) is 8.11. The van der Waals surface area contributed by atoms with Crippen LogP contribution >= 0.6 is 11.8 Å². The minimum absolute atomic E-state index is 0.177. The van der Waals surface area contributed by atoms with Crippen LogP contribution in [0.2, 0.25) is 0 Å². The molecule has 100 valence electrons. The summed E-state index contributed by atoms with van der Waals surface area (Å²) in [5, 5.41) is 4.25. The Morgan fingerprint density at radius 2 is 2.33 bits per heavy atom. The summed E-state index contributed by atoms with van der Waals surface area (Å²) in [6.45, 7) is 5.92.